The maximum atomic E-state index is 12.7. The number of nitrogens with zero attached hydrogens (tertiary/aromatic N) is 1. The predicted octanol–water partition coefficient (Wildman–Crippen LogP) is -4.33. The number of nitrogens with two attached hydrogens (primary N) is 1. The highest BCUT2D eigenvalue weighted by atomic mass is 16.4. The Morgan fingerprint density at radius 1 is 1.06 bits per heavy atom. The van der Waals surface area contributed by atoms with Crippen LogP contribution in [-0.2, 0) is 30.4 Å². The Bertz CT molecular complexity index is 813. The third-order valence-electron chi connectivity index (χ3n) is 4.20. The molecule has 0 aliphatic rings. The van der Waals surface area contributed by atoms with E-state index >= 15 is 0 Å². The van der Waals surface area contributed by atoms with Gasteiger partial charge in [0.1, 0.15) is 18.1 Å². The van der Waals surface area contributed by atoms with Crippen LogP contribution in [0.15, 0.2) is 12.5 Å². The molecular weight excluding hydrogens is 432 g/mol. The van der Waals surface area contributed by atoms with Crippen molar-refractivity contribution in [2.75, 3.05) is 6.61 Å². The van der Waals surface area contributed by atoms with E-state index in [1.165, 1.54) is 19.4 Å². The van der Waals surface area contributed by atoms with Crippen molar-refractivity contribution in [3.05, 3.63) is 18.2 Å². The lowest BCUT2D eigenvalue weighted by atomic mass is 10.1. The summed E-state index contributed by atoms with van der Waals surface area (Å²) in [4.78, 5) is 65.5. The molecule has 0 saturated carbocycles. The van der Waals surface area contributed by atoms with Crippen LogP contribution in [0.5, 0.6) is 0 Å². The molecule has 1 rings (SSSR count). The zero-order valence-electron chi connectivity index (χ0n) is 17.0. The fourth-order valence-corrected chi connectivity index (χ4v) is 2.49. The third kappa shape index (κ3) is 8.29. The minimum atomic E-state index is -1.63. The number of hydrogen-bond donors (Lipinski definition) is 9. The van der Waals surface area contributed by atoms with Crippen molar-refractivity contribution in [1.29, 1.82) is 0 Å². The van der Waals surface area contributed by atoms with Gasteiger partial charge >= 0.3 is 11.9 Å². The van der Waals surface area contributed by atoms with Gasteiger partial charge in [0.2, 0.25) is 17.7 Å². The highest BCUT2D eigenvalue weighted by Gasteiger charge is 2.33. The number of nitrogens with one attached hydrogen (secondary N) is 4. The summed E-state index contributed by atoms with van der Waals surface area (Å²) in [6.45, 7) is 0.267. The number of hydrogen-bond acceptors (Lipinski definition) is 9. The predicted molar refractivity (Wildman–Crippen MR) is 105 cm³/mol. The first-order chi connectivity index (χ1) is 15.0. The molecule has 0 bridgehead atoms. The van der Waals surface area contributed by atoms with Crippen LogP contribution in [-0.4, -0.2) is 96.9 Å². The first-order valence-electron chi connectivity index (χ1n) is 9.33. The smallest absolute Gasteiger partial charge is 0.328 e. The van der Waals surface area contributed by atoms with Crippen molar-refractivity contribution < 1.29 is 44.4 Å². The quantitative estimate of drug-likeness (QED) is 0.136. The van der Waals surface area contributed by atoms with Gasteiger partial charge in [0.05, 0.1) is 31.5 Å². The van der Waals surface area contributed by atoms with Crippen molar-refractivity contribution in [1.82, 2.24) is 25.9 Å². The van der Waals surface area contributed by atoms with Crippen molar-refractivity contribution in [3.63, 3.8) is 0 Å². The average Bonchev–Trinajstić information content (AvgIpc) is 3.21. The van der Waals surface area contributed by atoms with Gasteiger partial charge in [0.15, 0.2) is 0 Å². The molecule has 0 fully saturated rings. The Morgan fingerprint density at radius 3 is 2.16 bits per heavy atom. The zero-order valence-corrected chi connectivity index (χ0v) is 17.0. The molecule has 3 amide bonds. The summed E-state index contributed by atoms with van der Waals surface area (Å²) in [5.74, 6) is -5.86. The number of aromatic nitrogens is 2. The van der Waals surface area contributed by atoms with E-state index in [0.29, 0.717) is 5.69 Å². The first kappa shape index (κ1) is 26.5. The molecule has 5 unspecified atom stereocenters. The number of aliphatic carboxylic acids is 2. The standard InChI is InChI=1S/C17H26N6O9/c1-7(25)13(23-14(28)9(18)3-12(26)27)16(30)21-10(2-8-4-19-6-20-8)15(29)22-11(5-24)17(31)32/h4,6-7,9-11,13,24-25H,2-3,5,18H2,1H3,(H,19,20)(H,21,30)(H,22,29)(H,23,28)(H,26,27)(H,31,32). The summed E-state index contributed by atoms with van der Waals surface area (Å²) in [5.41, 5.74) is 5.84. The Hall–Kier alpha value is -3.56. The van der Waals surface area contributed by atoms with E-state index in [1.54, 1.807) is 0 Å². The number of aromatic amines is 1. The number of aliphatic hydroxyl groups is 2. The molecular formula is C17H26N6O9. The highest BCUT2D eigenvalue weighted by molar-refractivity contribution is 5.95. The van der Waals surface area contributed by atoms with Crippen molar-refractivity contribution in [2.45, 2.75) is 50.0 Å². The molecule has 10 N–H and O–H groups in total. The van der Waals surface area contributed by atoms with E-state index < -0.39 is 73.0 Å². The van der Waals surface area contributed by atoms with E-state index in [-0.39, 0.29) is 6.42 Å². The molecule has 5 atom stereocenters. The van der Waals surface area contributed by atoms with Crippen LogP contribution in [0.4, 0.5) is 0 Å². The van der Waals surface area contributed by atoms with Crippen LogP contribution in [0.25, 0.3) is 0 Å². The Morgan fingerprint density at radius 2 is 1.69 bits per heavy atom. The molecule has 0 aromatic carbocycles. The fourth-order valence-electron chi connectivity index (χ4n) is 2.49. The highest BCUT2D eigenvalue weighted by Crippen LogP contribution is 2.03. The van der Waals surface area contributed by atoms with Crippen LogP contribution < -0.4 is 21.7 Å². The van der Waals surface area contributed by atoms with Gasteiger partial charge < -0.3 is 47.1 Å². The first-order valence-corrected chi connectivity index (χ1v) is 9.33. The third-order valence-corrected chi connectivity index (χ3v) is 4.20. The van der Waals surface area contributed by atoms with Gasteiger partial charge in [-0.2, -0.15) is 0 Å². The molecule has 1 aromatic rings. The number of rotatable bonds is 13. The molecule has 15 heteroatoms. The number of H-pyrrole nitrogens is 1. The van der Waals surface area contributed by atoms with Crippen molar-refractivity contribution >= 4 is 29.7 Å². The van der Waals surface area contributed by atoms with Crippen molar-refractivity contribution in [3.8, 4) is 0 Å². The number of amides is 3. The molecule has 15 nitrogen and oxygen atoms in total. The second kappa shape index (κ2) is 12.3. The van der Waals surface area contributed by atoms with Crippen LogP contribution in [0.3, 0.4) is 0 Å². The lowest BCUT2D eigenvalue weighted by molar-refractivity contribution is -0.143. The summed E-state index contributed by atoms with van der Waals surface area (Å²) in [5, 5.41) is 43.2. The van der Waals surface area contributed by atoms with Gasteiger partial charge in [0, 0.05) is 18.3 Å². The Balaban J connectivity index is 2.99. The molecule has 1 heterocycles. The van der Waals surface area contributed by atoms with Gasteiger partial charge in [0.25, 0.3) is 0 Å². The molecule has 1 aromatic heterocycles. The molecule has 0 aliphatic heterocycles. The number of carbonyl (C=O) groups is 5. The van der Waals surface area contributed by atoms with Crippen LogP contribution in [0.2, 0.25) is 0 Å². The molecule has 0 spiro atoms. The molecule has 178 valence electrons. The van der Waals surface area contributed by atoms with Crippen LogP contribution >= 0.6 is 0 Å². The number of imidazole rings is 1. The lowest BCUT2D eigenvalue weighted by Crippen LogP contribution is -2.60. The summed E-state index contributed by atoms with van der Waals surface area (Å²) < 4.78 is 0. The number of carbonyl (C=O) groups excluding carboxylic acids is 3. The number of carboxylic acids is 2. The van der Waals surface area contributed by atoms with E-state index in [0.717, 1.165) is 0 Å². The van der Waals surface area contributed by atoms with Crippen LogP contribution in [0, 0.1) is 0 Å². The molecule has 0 saturated heterocycles. The average molecular weight is 458 g/mol. The second-order valence-electron chi connectivity index (χ2n) is 6.86. The van der Waals surface area contributed by atoms with Gasteiger partial charge in [-0.3, -0.25) is 19.2 Å². The Labute approximate surface area is 181 Å². The minimum absolute atomic E-state index is 0.172. The number of aliphatic hydroxyl groups excluding tert-OH is 2. The zero-order chi connectivity index (χ0) is 24.4. The molecule has 0 aliphatic carbocycles. The minimum Gasteiger partial charge on any atom is -0.481 e. The largest absolute Gasteiger partial charge is 0.481 e. The van der Waals surface area contributed by atoms with Gasteiger partial charge in [-0.05, 0) is 6.92 Å². The van der Waals surface area contributed by atoms with E-state index in [2.05, 4.69) is 25.9 Å². The van der Waals surface area contributed by atoms with E-state index in [9.17, 15) is 29.1 Å². The van der Waals surface area contributed by atoms with E-state index in [4.69, 9.17) is 21.1 Å². The lowest BCUT2D eigenvalue weighted by Gasteiger charge is -2.26. The van der Waals surface area contributed by atoms with Crippen molar-refractivity contribution in [2.24, 2.45) is 5.73 Å². The summed E-state index contributed by atoms with van der Waals surface area (Å²) in [7, 11) is 0. The Kier molecular flexibility index (Phi) is 10.2. The molecule has 0 radical (unpaired) electrons. The topological polar surface area (TPSA) is 257 Å². The fraction of sp³-hybridized carbons (Fsp3) is 0.529. The van der Waals surface area contributed by atoms with Gasteiger partial charge in [-0.1, -0.05) is 0 Å². The summed E-state index contributed by atoms with van der Waals surface area (Å²) in [6.07, 6.45) is 0.307. The molecule has 32 heavy (non-hydrogen) atoms. The van der Waals surface area contributed by atoms with E-state index in [1.807, 2.05) is 0 Å². The maximum absolute atomic E-state index is 12.7. The monoisotopic (exact) mass is 458 g/mol. The van der Waals surface area contributed by atoms with Crippen LogP contribution in [0.1, 0.15) is 19.0 Å². The normalized spacial score (nSPS) is 15.5. The SMILES string of the molecule is CC(O)C(NC(=O)C(N)CC(=O)O)C(=O)NC(Cc1cnc[nH]1)C(=O)NC(CO)C(=O)O. The summed E-state index contributed by atoms with van der Waals surface area (Å²) in [6, 6.07) is -6.12. The number of carboxylic acid groups (broad SMARTS) is 2. The summed E-state index contributed by atoms with van der Waals surface area (Å²) >= 11 is 0. The van der Waals surface area contributed by atoms with Gasteiger partial charge in [-0.15, -0.1) is 0 Å². The second-order valence-corrected chi connectivity index (χ2v) is 6.86. The maximum Gasteiger partial charge on any atom is 0.328 e. The van der Waals surface area contributed by atoms with Gasteiger partial charge in [-0.25, -0.2) is 9.78 Å².